The van der Waals surface area contributed by atoms with Gasteiger partial charge in [-0.15, -0.1) is 6.58 Å². The van der Waals surface area contributed by atoms with Gasteiger partial charge in [0.2, 0.25) is 0 Å². The molecule has 27 heavy (non-hydrogen) atoms. The van der Waals surface area contributed by atoms with Crippen molar-refractivity contribution in [1.82, 2.24) is 4.98 Å². The Morgan fingerprint density at radius 3 is 2.30 bits per heavy atom. The van der Waals surface area contributed by atoms with Crippen LogP contribution in [-0.2, 0) is 0 Å². The van der Waals surface area contributed by atoms with Crippen molar-refractivity contribution in [1.29, 1.82) is 0 Å². The van der Waals surface area contributed by atoms with Crippen molar-refractivity contribution >= 4 is 16.8 Å². The van der Waals surface area contributed by atoms with E-state index in [0.29, 0.717) is 0 Å². The van der Waals surface area contributed by atoms with Gasteiger partial charge in [-0.3, -0.25) is 4.98 Å². The second-order valence-corrected chi connectivity index (χ2v) is 7.04. The lowest BCUT2D eigenvalue weighted by Gasteiger charge is -2.19. The van der Waals surface area contributed by atoms with Crippen LogP contribution < -0.4 is 5.73 Å². The number of benzene rings is 2. The zero-order chi connectivity index (χ0) is 19.4. The zero-order valence-corrected chi connectivity index (χ0v) is 16.3. The minimum absolute atomic E-state index is 0.762. The van der Waals surface area contributed by atoms with Crippen LogP contribution in [0, 0.1) is 20.8 Å². The molecule has 1 heterocycles. The number of aryl methyl sites for hydroxylation is 3. The summed E-state index contributed by atoms with van der Waals surface area (Å²) in [5.41, 5.74) is 16.3. The maximum atomic E-state index is 6.01. The van der Waals surface area contributed by atoms with E-state index < -0.39 is 0 Å². The van der Waals surface area contributed by atoms with Crippen LogP contribution >= 0.6 is 0 Å². The summed E-state index contributed by atoms with van der Waals surface area (Å²) < 4.78 is 0. The van der Waals surface area contributed by atoms with Crippen molar-refractivity contribution in [3.63, 3.8) is 0 Å². The molecule has 0 saturated carbocycles. The Labute approximate surface area is 162 Å². The third-order valence-electron chi connectivity index (χ3n) is 4.73. The summed E-state index contributed by atoms with van der Waals surface area (Å²) in [7, 11) is 0. The molecule has 0 aliphatic heterocycles. The second kappa shape index (κ2) is 8.05. The number of nitrogens with zero attached hydrogens (tertiary/aromatic N) is 1. The van der Waals surface area contributed by atoms with Crippen LogP contribution in [0.1, 0.15) is 39.8 Å². The standard InChI is InChI=1S/C25H26N2/c1-5-6-24(21-13-18(3)15-27-16-21)25(20-9-7-17(2)8-10-20)23-12-11-22(26)14-19(23)4/h5,7-16H,1,6,26H2,2-4H3/b25-24+. The molecule has 3 aromatic rings. The van der Waals surface area contributed by atoms with Gasteiger partial charge < -0.3 is 5.73 Å². The minimum atomic E-state index is 0.762. The molecule has 2 nitrogen and oxygen atoms in total. The topological polar surface area (TPSA) is 38.9 Å². The summed E-state index contributed by atoms with van der Waals surface area (Å²) in [6.07, 6.45) is 6.54. The first kappa shape index (κ1) is 18.7. The highest BCUT2D eigenvalue weighted by atomic mass is 14.6. The molecule has 2 N–H and O–H groups in total. The summed E-state index contributed by atoms with van der Waals surface area (Å²) in [6.45, 7) is 10.3. The fourth-order valence-corrected chi connectivity index (χ4v) is 3.41. The van der Waals surface area contributed by atoms with E-state index in [1.54, 1.807) is 0 Å². The molecule has 0 spiro atoms. The Morgan fingerprint density at radius 2 is 1.67 bits per heavy atom. The number of rotatable bonds is 5. The molecule has 0 atom stereocenters. The molecule has 136 valence electrons. The highest BCUT2D eigenvalue weighted by Gasteiger charge is 2.15. The Hall–Kier alpha value is -3.13. The molecule has 0 aliphatic carbocycles. The molecular formula is C25H26N2. The zero-order valence-electron chi connectivity index (χ0n) is 16.3. The van der Waals surface area contributed by atoms with Crippen LogP contribution in [0.2, 0.25) is 0 Å². The van der Waals surface area contributed by atoms with Crippen molar-refractivity contribution in [2.75, 3.05) is 5.73 Å². The molecule has 0 saturated heterocycles. The van der Waals surface area contributed by atoms with E-state index >= 15 is 0 Å². The molecule has 3 rings (SSSR count). The van der Waals surface area contributed by atoms with Gasteiger partial charge in [-0.05, 0) is 84.4 Å². The van der Waals surface area contributed by atoms with E-state index in [1.165, 1.54) is 27.8 Å². The monoisotopic (exact) mass is 354 g/mol. The van der Waals surface area contributed by atoms with Gasteiger partial charge in [-0.2, -0.15) is 0 Å². The van der Waals surface area contributed by atoms with E-state index in [4.69, 9.17) is 5.73 Å². The van der Waals surface area contributed by atoms with Crippen molar-refractivity contribution in [3.05, 3.63) is 107 Å². The van der Waals surface area contributed by atoms with E-state index in [2.05, 4.69) is 68.7 Å². The lowest BCUT2D eigenvalue weighted by molar-refractivity contribution is 1.23. The molecule has 0 aliphatic rings. The lowest BCUT2D eigenvalue weighted by atomic mass is 9.86. The molecule has 0 unspecified atom stereocenters. The van der Waals surface area contributed by atoms with E-state index in [0.717, 1.165) is 28.8 Å². The Balaban J connectivity index is 2.36. The Kier molecular flexibility index (Phi) is 5.56. The van der Waals surface area contributed by atoms with E-state index in [1.807, 2.05) is 30.6 Å². The SMILES string of the molecule is C=CC/C(=C(/c1ccc(C)cc1)c1ccc(N)cc1C)c1cncc(C)c1. The van der Waals surface area contributed by atoms with Gasteiger partial charge in [0.05, 0.1) is 0 Å². The van der Waals surface area contributed by atoms with Crippen molar-refractivity contribution in [2.24, 2.45) is 0 Å². The normalized spacial score (nSPS) is 11.8. The Bertz CT molecular complexity index is 995. The molecule has 2 aromatic carbocycles. The summed E-state index contributed by atoms with van der Waals surface area (Å²) in [4.78, 5) is 4.42. The van der Waals surface area contributed by atoms with Crippen LogP contribution in [-0.4, -0.2) is 4.98 Å². The Morgan fingerprint density at radius 1 is 0.926 bits per heavy atom. The molecule has 2 heteroatoms. The predicted octanol–water partition coefficient (Wildman–Crippen LogP) is 6.12. The van der Waals surface area contributed by atoms with Crippen LogP contribution in [0.15, 0.2) is 73.6 Å². The van der Waals surface area contributed by atoms with Crippen LogP contribution in [0.25, 0.3) is 11.1 Å². The number of pyridine rings is 1. The number of aromatic nitrogens is 1. The smallest absolute Gasteiger partial charge is 0.0343 e. The van der Waals surface area contributed by atoms with Gasteiger partial charge in [0.1, 0.15) is 0 Å². The fraction of sp³-hybridized carbons (Fsp3) is 0.160. The van der Waals surface area contributed by atoms with Crippen LogP contribution in [0.5, 0.6) is 0 Å². The van der Waals surface area contributed by atoms with Gasteiger partial charge in [0, 0.05) is 18.1 Å². The summed E-state index contributed by atoms with van der Waals surface area (Å²) in [5, 5.41) is 0. The van der Waals surface area contributed by atoms with Crippen molar-refractivity contribution in [3.8, 4) is 0 Å². The number of hydrogen-bond donors (Lipinski definition) is 1. The van der Waals surface area contributed by atoms with Crippen LogP contribution in [0.4, 0.5) is 5.69 Å². The number of hydrogen-bond acceptors (Lipinski definition) is 2. The maximum absolute atomic E-state index is 6.01. The van der Waals surface area contributed by atoms with Gasteiger partial charge in [0.15, 0.2) is 0 Å². The fourth-order valence-electron chi connectivity index (χ4n) is 3.41. The van der Waals surface area contributed by atoms with Gasteiger partial charge in [0.25, 0.3) is 0 Å². The quantitative estimate of drug-likeness (QED) is 0.442. The largest absolute Gasteiger partial charge is 0.399 e. The van der Waals surface area contributed by atoms with E-state index in [-0.39, 0.29) is 0 Å². The number of nitrogen functional groups attached to an aromatic ring is 1. The first-order valence-corrected chi connectivity index (χ1v) is 9.19. The number of anilines is 1. The van der Waals surface area contributed by atoms with Crippen molar-refractivity contribution < 1.29 is 0 Å². The number of nitrogens with two attached hydrogens (primary N) is 1. The third kappa shape index (κ3) is 4.17. The van der Waals surface area contributed by atoms with Crippen LogP contribution in [0.3, 0.4) is 0 Å². The van der Waals surface area contributed by atoms with E-state index in [9.17, 15) is 0 Å². The lowest BCUT2D eigenvalue weighted by Crippen LogP contribution is -1.99. The minimum Gasteiger partial charge on any atom is -0.399 e. The highest BCUT2D eigenvalue weighted by Crippen LogP contribution is 2.36. The third-order valence-corrected chi connectivity index (χ3v) is 4.73. The van der Waals surface area contributed by atoms with Gasteiger partial charge in [-0.1, -0.05) is 42.0 Å². The molecule has 0 bridgehead atoms. The summed E-state index contributed by atoms with van der Waals surface area (Å²) in [6, 6.07) is 17.0. The average Bonchev–Trinajstić information content (AvgIpc) is 2.64. The summed E-state index contributed by atoms with van der Waals surface area (Å²) in [5.74, 6) is 0. The van der Waals surface area contributed by atoms with Gasteiger partial charge >= 0.3 is 0 Å². The second-order valence-electron chi connectivity index (χ2n) is 7.04. The molecule has 0 fully saturated rings. The molecular weight excluding hydrogens is 328 g/mol. The van der Waals surface area contributed by atoms with Crippen molar-refractivity contribution in [2.45, 2.75) is 27.2 Å². The first-order valence-electron chi connectivity index (χ1n) is 9.19. The maximum Gasteiger partial charge on any atom is 0.0343 e. The summed E-state index contributed by atoms with van der Waals surface area (Å²) >= 11 is 0. The molecule has 1 aromatic heterocycles. The first-order chi connectivity index (χ1) is 13.0. The highest BCUT2D eigenvalue weighted by molar-refractivity contribution is 5.99. The van der Waals surface area contributed by atoms with Gasteiger partial charge in [-0.25, -0.2) is 0 Å². The molecule has 0 amide bonds. The predicted molar refractivity (Wildman–Crippen MR) is 116 cm³/mol. The average molecular weight is 354 g/mol. The molecule has 0 radical (unpaired) electrons. The number of allylic oxidation sites excluding steroid dienone is 2.